The molecule has 4 aliphatic rings. The van der Waals surface area contributed by atoms with Gasteiger partial charge in [0.2, 0.25) is 0 Å². The van der Waals surface area contributed by atoms with Crippen LogP contribution in [-0.2, 0) is 9.59 Å². The van der Waals surface area contributed by atoms with E-state index in [1.165, 1.54) is 19.3 Å². The predicted octanol–water partition coefficient (Wildman–Crippen LogP) is 1.54. The van der Waals surface area contributed by atoms with Crippen molar-refractivity contribution in [3.05, 3.63) is 11.8 Å². The maximum absolute atomic E-state index is 11.9. The van der Waals surface area contributed by atoms with Crippen LogP contribution < -0.4 is 10.6 Å². The van der Waals surface area contributed by atoms with Gasteiger partial charge in [-0.25, -0.2) is 0 Å². The van der Waals surface area contributed by atoms with Gasteiger partial charge in [-0.3, -0.25) is 9.59 Å². The maximum Gasteiger partial charge on any atom is 0.305 e. The number of carbonyl (C=O) groups excluding carboxylic acids is 1. The molecule has 0 aliphatic heterocycles. The molecule has 124 valence electrons. The number of amides is 1. The van der Waals surface area contributed by atoms with Crippen LogP contribution in [-0.4, -0.2) is 29.1 Å². The molecule has 0 aromatic rings. The molecule has 4 fully saturated rings. The second-order valence-electron chi connectivity index (χ2n) is 7.41. The van der Waals surface area contributed by atoms with Gasteiger partial charge >= 0.3 is 5.97 Å². The van der Waals surface area contributed by atoms with Crippen molar-refractivity contribution in [2.45, 2.75) is 50.5 Å². The minimum atomic E-state index is -0.973. The Morgan fingerprint density at radius 1 is 1.17 bits per heavy atom. The minimum Gasteiger partial charge on any atom is -0.481 e. The van der Waals surface area contributed by atoms with Crippen LogP contribution in [0.5, 0.6) is 0 Å². The molecule has 0 heterocycles. The van der Waals surface area contributed by atoms with Crippen molar-refractivity contribution in [1.29, 1.82) is 5.26 Å². The van der Waals surface area contributed by atoms with Crippen molar-refractivity contribution >= 4 is 11.9 Å². The lowest BCUT2D eigenvalue weighted by molar-refractivity contribution is -0.136. The summed E-state index contributed by atoms with van der Waals surface area (Å²) in [6, 6.07) is 1.91. The van der Waals surface area contributed by atoms with E-state index in [1.807, 2.05) is 6.07 Å². The molecule has 0 aromatic carbocycles. The zero-order chi connectivity index (χ0) is 16.4. The number of nitrogens with one attached hydrogen (secondary N) is 2. The fraction of sp³-hybridized carbons (Fsp3) is 0.706. The molecule has 23 heavy (non-hydrogen) atoms. The summed E-state index contributed by atoms with van der Waals surface area (Å²) in [5, 5.41) is 23.6. The van der Waals surface area contributed by atoms with E-state index >= 15 is 0 Å². The van der Waals surface area contributed by atoms with Gasteiger partial charge in [-0.2, -0.15) is 5.26 Å². The highest BCUT2D eigenvalue weighted by atomic mass is 16.4. The van der Waals surface area contributed by atoms with E-state index in [4.69, 9.17) is 5.11 Å². The van der Waals surface area contributed by atoms with Crippen molar-refractivity contribution in [3.8, 4) is 6.07 Å². The van der Waals surface area contributed by atoms with Crippen LogP contribution in [0.3, 0.4) is 0 Å². The molecule has 0 atom stereocenters. The van der Waals surface area contributed by atoms with Crippen LogP contribution in [0.2, 0.25) is 0 Å². The molecule has 6 heteroatoms. The number of carbonyl (C=O) groups is 2. The summed E-state index contributed by atoms with van der Waals surface area (Å²) in [6.45, 7) is 0.0323. The van der Waals surface area contributed by atoms with Crippen LogP contribution in [0.1, 0.15) is 44.9 Å². The van der Waals surface area contributed by atoms with Gasteiger partial charge in [-0.1, -0.05) is 0 Å². The Hall–Kier alpha value is -2.03. The average molecular weight is 317 g/mol. The molecule has 0 saturated heterocycles. The highest BCUT2D eigenvalue weighted by Crippen LogP contribution is 2.55. The zero-order valence-electron chi connectivity index (χ0n) is 13.2. The van der Waals surface area contributed by atoms with Gasteiger partial charge in [0, 0.05) is 18.3 Å². The molecular formula is C17H23N3O3. The molecular weight excluding hydrogens is 294 g/mol. The van der Waals surface area contributed by atoms with Gasteiger partial charge in [0.1, 0.15) is 11.6 Å². The van der Waals surface area contributed by atoms with Gasteiger partial charge in [0.25, 0.3) is 5.91 Å². The van der Waals surface area contributed by atoms with Crippen molar-refractivity contribution in [2.75, 3.05) is 6.54 Å². The second kappa shape index (κ2) is 6.23. The highest BCUT2D eigenvalue weighted by Gasteiger charge is 2.50. The Morgan fingerprint density at radius 3 is 2.22 bits per heavy atom. The van der Waals surface area contributed by atoms with E-state index in [2.05, 4.69) is 10.6 Å². The van der Waals surface area contributed by atoms with Gasteiger partial charge in [-0.05, 0) is 56.3 Å². The number of carboxylic acid groups (broad SMARTS) is 1. The lowest BCUT2D eigenvalue weighted by atomic mass is 9.53. The van der Waals surface area contributed by atoms with E-state index < -0.39 is 11.9 Å². The van der Waals surface area contributed by atoms with E-state index in [1.54, 1.807) is 6.20 Å². The topological polar surface area (TPSA) is 102 Å². The Balaban J connectivity index is 1.60. The summed E-state index contributed by atoms with van der Waals surface area (Å²) in [4.78, 5) is 22.4. The van der Waals surface area contributed by atoms with E-state index in [-0.39, 0.29) is 24.1 Å². The Morgan fingerprint density at radius 2 is 1.74 bits per heavy atom. The van der Waals surface area contributed by atoms with Crippen LogP contribution in [0.15, 0.2) is 11.8 Å². The summed E-state index contributed by atoms with van der Waals surface area (Å²) in [6.07, 6.45) is 8.82. The molecule has 6 nitrogen and oxygen atoms in total. The van der Waals surface area contributed by atoms with Gasteiger partial charge < -0.3 is 15.7 Å². The smallest absolute Gasteiger partial charge is 0.305 e. The van der Waals surface area contributed by atoms with Crippen LogP contribution in [0, 0.1) is 29.1 Å². The number of nitriles is 1. The normalized spacial score (nSPS) is 34.7. The van der Waals surface area contributed by atoms with Gasteiger partial charge in [0.05, 0.1) is 6.42 Å². The number of hydrogen-bond donors (Lipinski definition) is 3. The summed E-state index contributed by atoms with van der Waals surface area (Å²) in [5.74, 6) is 0.886. The summed E-state index contributed by atoms with van der Waals surface area (Å²) in [7, 11) is 0. The predicted molar refractivity (Wildman–Crippen MR) is 83.0 cm³/mol. The van der Waals surface area contributed by atoms with E-state index in [0.717, 1.165) is 37.0 Å². The summed E-state index contributed by atoms with van der Waals surface area (Å²) in [5.41, 5.74) is 0.0733. The van der Waals surface area contributed by atoms with Crippen molar-refractivity contribution in [1.82, 2.24) is 10.6 Å². The quantitative estimate of drug-likeness (QED) is 0.509. The van der Waals surface area contributed by atoms with Crippen LogP contribution in [0.25, 0.3) is 0 Å². The molecule has 0 spiro atoms. The molecule has 0 aromatic heterocycles. The number of hydrogen-bond acceptors (Lipinski definition) is 4. The van der Waals surface area contributed by atoms with Crippen molar-refractivity contribution in [2.24, 2.45) is 17.8 Å². The maximum atomic E-state index is 11.9. The minimum absolute atomic E-state index is 0.0196. The zero-order valence-corrected chi connectivity index (χ0v) is 13.2. The Bertz CT molecular complexity index is 541. The SMILES string of the molecule is N#C/C(=C/NC12CC3CC(CC(C3)C1)C2)C(=O)NCCC(=O)O. The molecule has 4 rings (SSSR count). The first kappa shape index (κ1) is 15.9. The van der Waals surface area contributed by atoms with Crippen molar-refractivity contribution in [3.63, 3.8) is 0 Å². The second-order valence-corrected chi connectivity index (χ2v) is 7.41. The fourth-order valence-electron chi connectivity index (χ4n) is 5.04. The third kappa shape index (κ3) is 3.49. The first-order valence-electron chi connectivity index (χ1n) is 8.37. The highest BCUT2D eigenvalue weighted by molar-refractivity contribution is 5.97. The number of carboxylic acids is 1. The van der Waals surface area contributed by atoms with Gasteiger partial charge in [-0.15, -0.1) is 0 Å². The largest absolute Gasteiger partial charge is 0.481 e. The van der Waals surface area contributed by atoms with Crippen molar-refractivity contribution < 1.29 is 14.7 Å². The third-order valence-electron chi connectivity index (χ3n) is 5.55. The molecule has 4 aliphatic carbocycles. The lowest BCUT2D eigenvalue weighted by Crippen LogP contribution is -2.57. The van der Waals surface area contributed by atoms with Gasteiger partial charge in [0.15, 0.2) is 0 Å². The Kier molecular flexibility index (Phi) is 4.29. The van der Waals surface area contributed by atoms with Crippen LogP contribution >= 0.6 is 0 Å². The fourth-order valence-corrected chi connectivity index (χ4v) is 5.04. The average Bonchev–Trinajstić information content (AvgIpc) is 2.45. The third-order valence-corrected chi connectivity index (χ3v) is 5.55. The van der Waals surface area contributed by atoms with E-state index in [9.17, 15) is 14.9 Å². The molecule has 0 radical (unpaired) electrons. The van der Waals surface area contributed by atoms with Crippen LogP contribution in [0.4, 0.5) is 0 Å². The lowest BCUT2D eigenvalue weighted by Gasteiger charge is -2.56. The summed E-state index contributed by atoms with van der Waals surface area (Å²) < 4.78 is 0. The number of aliphatic carboxylic acids is 1. The first-order chi connectivity index (χ1) is 11.0. The summed E-state index contributed by atoms with van der Waals surface area (Å²) >= 11 is 0. The first-order valence-corrected chi connectivity index (χ1v) is 8.37. The number of nitrogens with zero attached hydrogens (tertiary/aromatic N) is 1. The molecule has 3 N–H and O–H groups in total. The Labute approximate surface area is 135 Å². The van der Waals surface area contributed by atoms with E-state index in [0.29, 0.717) is 0 Å². The number of rotatable bonds is 6. The standard InChI is InChI=1S/C17H23N3O3/c18-9-14(16(23)19-2-1-15(21)22)10-20-17-6-11-3-12(7-17)5-13(4-11)8-17/h10-13,20H,1-8H2,(H,19,23)(H,21,22)/b14-10-. The molecule has 4 saturated carbocycles. The molecule has 1 amide bonds. The molecule has 0 unspecified atom stereocenters. The monoisotopic (exact) mass is 317 g/mol. The molecule has 4 bridgehead atoms.